The molecule has 112 valence electrons. The van der Waals surface area contributed by atoms with Gasteiger partial charge in [-0.1, -0.05) is 12.8 Å². The van der Waals surface area contributed by atoms with Gasteiger partial charge >= 0.3 is 0 Å². The SMILES string of the molecule is CC(NC(=O)CN(C)C1CCCCC1O)c1ccco1. The molecule has 1 saturated carbocycles. The van der Waals surface area contributed by atoms with Gasteiger partial charge in [0.05, 0.1) is 25.0 Å². The number of nitrogens with zero attached hydrogens (tertiary/aromatic N) is 1. The topological polar surface area (TPSA) is 65.7 Å². The van der Waals surface area contributed by atoms with Gasteiger partial charge in [0, 0.05) is 6.04 Å². The molecule has 1 aliphatic rings. The van der Waals surface area contributed by atoms with Crippen LogP contribution in [0.5, 0.6) is 0 Å². The van der Waals surface area contributed by atoms with E-state index in [9.17, 15) is 9.90 Å². The Morgan fingerprint density at radius 2 is 2.30 bits per heavy atom. The van der Waals surface area contributed by atoms with Crippen molar-refractivity contribution in [2.45, 2.75) is 50.8 Å². The highest BCUT2D eigenvalue weighted by Gasteiger charge is 2.27. The van der Waals surface area contributed by atoms with Crippen molar-refractivity contribution < 1.29 is 14.3 Å². The molecular formula is C15H24N2O3. The van der Waals surface area contributed by atoms with Crippen LogP contribution < -0.4 is 5.32 Å². The highest BCUT2D eigenvalue weighted by Crippen LogP contribution is 2.22. The first-order chi connectivity index (χ1) is 9.58. The lowest BCUT2D eigenvalue weighted by atomic mass is 9.91. The van der Waals surface area contributed by atoms with Crippen LogP contribution in [-0.4, -0.2) is 41.7 Å². The number of hydrogen-bond acceptors (Lipinski definition) is 4. The number of aliphatic hydroxyl groups excluding tert-OH is 1. The first kappa shape index (κ1) is 15.1. The number of nitrogens with one attached hydrogen (secondary N) is 1. The van der Waals surface area contributed by atoms with Crippen molar-refractivity contribution in [3.05, 3.63) is 24.2 Å². The van der Waals surface area contributed by atoms with Crippen LogP contribution in [0.3, 0.4) is 0 Å². The fourth-order valence-corrected chi connectivity index (χ4v) is 2.85. The largest absolute Gasteiger partial charge is 0.467 e. The first-order valence-corrected chi connectivity index (χ1v) is 7.29. The number of hydrogen-bond donors (Lipinski definition) is 2. The normalized spacial score (nSPS) is 24.6. The third-order valence-corrected chi connectivity index (χ3v) is 4.00. The lowest BCUT2D eigenvalue weighted by molar-refractivity contribution is -0.124. The second-order valence-corrected chi connectivity index (χ2v) is 5.64. The van der Waals surface area contributed by atoms with E-state index in [4.69, 9.17) is 4.42 Å². The van der Waals surface area contributed by atoms with Gasteiger partial charge in [-0.3, -0.25) is 9.69 Å². The molecule has 1 heterocycles. The zero-order valence-electron chi connectivity index (χ0n) is 12.2. The van der Waals surface area contributed by atoms with Crippen molar-refractivity contribution in [3.8, 4) is 0 Å². The van der Waals surface area contributed by atoms with E-state index in [1.165, 1.54) is 0 Å². The number of rotatable bonds is 5. The lowest BCUT2D eigenvalue weighted by Crippen LogP contribution is -2.47. The van der Waals surface area contributed by atoms with Crippen LogP contribution in [-0.2, 0) is 4.79 Å². The Morgan fingerprint density at radius 1 is 1.55 bits per heavy atom. The Labute approximate surface area is 119 Å². The molecule has 2 N–H and O–H groups in total. The summed E-state index contributed by atoms with van der Waals surface area (Å²) in [6, 6.07) is 3.61. The zero-order valence-corrected chi connectivity index (χ0v) is 12.2. The quantitative estimate of drug-likeness (QED) is 0.861. The van der Waals surface area contributed by atoms with E-state index in [2.05, 4.69) is 5.32 Å². The average Bonchev–Trinajstić information content (AvgIpc) is 2.92. The summed E-state index contributed by atoms with van der Waals surface area (Å²) in [5.41, 5.74) is 0. The molecule has 0 aromatic carbocycles. The highest BCUT2D eigenvalue weighted by molar-refractivity contribution is 5.78. The number of likely N-dealkylation sites (N-methyl/N-ethyl adjacent to an activating group) is 1. The van der Waals surface area contributed by atoms with Crippen molar-refractivity contribution in [1.82, 2.24) is 10.2 Å². The van der Waals surface area contributed by atoms with Gasteiger partial charge in [-0.05, 0) is 38.9 Å². The third-order valence-electron chi connectivity index (χ3n) is 4.00. The molecule has 1 aromatic rings. The molecule has 0 spiro atoms. The van der Waals surface area contributed by atoms with Crippen LogP contribution in [0.4, 0.5) is 0 Å². The smallest absolute Gasteiger partial charge is 0.234 e. The highest BCUT2D eigenvalue weighted by atomic mass is 16.3. The molecule has 0 saturated heterocycles. The lowest BCUT2D eigenvalue weighted by Gasteiger charge is -2.34. The van der Waals surface area contributed by atoms with Crippen LogP contribution in [0.25, 0.3) is 0 Å². The molecule has 1 aromatic heterocycles. The van der Waals surface area contributed by atoms with Crippen molar-refractivity contribution >= 4 is 5.91 Å². The van der Waals surface area contributed by atoms with E-state index in [0.717, 1.165) is 31.4 Å². The van der Waals surface area contributed by atoms with Crippen LogP contribution in [0.1, 0.15) is 44.4 Å². The van der Waals surface area contributed by atoms with Gasteiger partial charge in [0.1, 0.15) is 5.76 Å². The van der Waals surface area contributed by atoms with Crippen LogP contribution in [0.15, 0.2) is 22.8 Å². The van der Waals surface area contributed by atoms with E-state index in [1.807, 2.05) is 31.0 Å². The van der Waals surface area contributed by atoms with Crippen molar-refractivity contribution in [2.75, 3.05) is 13.6 Å². The average molecular weight is 280 g/mol. The molecule has 5 nitrogen and oxygen atoms in total. The summed E-state index contributed by atoms with van der Waals surface area (Å²) in [6.07, 6.45) is 5.27. The van der Waals surface area contributed by atoms with Gasteiger partial charge < -0.3 is 14.8 Å². The number of aliphatic hydroxyl groups is 1. The van der Waals surface area contributed by atoms with E-state index >= 15 is 0 Å². The minimum atomic E-state index is -0.316. The van der Waals surface area contributed by atoms with E-state index in [-0.39, 0.29) is 24.1 Å². The zero-order chi connectivity index (χ0) is 14.5. The number of carbonyl (C=O) groups excluding carboxylic acids is 1. The van der Waals surface area contributed by atoms with Crippen LogP contribution in [0.2, 0.25) is 0 Å². The molecule has 5 heteroatoms. The molecule has 3 unspecified atom stereocenters. The number of amides is 1. The summed E-state index contributed by atoms with van der Waals surface area (Å²) < 4.78 is 5.27. The predicted octanol–water partition coefficient (Wildman–Crippen LogP) is 1.69. The molecule has 0 aliphatic heterocycles. The van der Waals surface area contributed by atoms with E-state index in [0.29, 0.717) is 6.54 Å². The third kappa shape index (κ3) is 3.84. The van der Waals surface area contributed by atoms with Crippen molar-refractivity contribution in [2.24, 2.45) is 0 Å². The summed E-state index contributed by atoms with van der Waals surface area (Å²) in [6.45, 7) is 2.19. The maximum Gasteiger partial charge on any atom is 0.234 e. The Hall–Kier alpha value is -1.33. The summed E-state index contributed by atoms with van der Waals surface area (Å²) >= 11 is 0. The number of furan rings is 1. The van der Waals surface area contributed by atoms with E-state index in [1.54, 1.807) is 6.26 Å². The second kappa shape index (κ2) is 6.90. The van der Waals surface area contributed by atoms with Crippen molar-refractivity contribution in [1.29, 1.82) is 0 Å². The molecule has 2 rings (SSSR count). The fraction of sp³-hybridized carbons (Fsp3) is 0.667. The minimum Gasteiger partial charge on any atom is -0.467 e. The fourth-order valence-electron chi connectivity index (χ4n) is 2.85. The predicted molar refractivity (Wildman–Crippen MR) is 76.2 cm³/mol. The van der Waals surface area contributed by atoms with Gasteiger partial charge in [0.25, 0.3) is 0 Å². The molecular weight excluding hydrogens is 256 g/mol. The monoisotopic (exact) mass is 280 g/mol. The van der Waals surface area contributed by atoms with Gasteiger partial charge in [-0.25, -0.2) is 0 Å². The summed E-state index contributed by atoms with van der Waals surface area (Å²) in [5, 5.41) is 12.9. The van der Waals surface area contributed by atoms with E-state index < -0.39 is 0 Å². The van der Waals surface area contributed by atoms with Crippen LogP contribution in [0, 0.1) is 0 Å². The van der Waals surface area contributed by atoms with Gasteiger partial charge in [0.2, 0.25) is 5.91 Å². The minimum absolute atomic E-state index is 0.0471. The molecule has 1 amide bonds. The maximum absolute atomic E-state index is 12.0. The number of carbonyl (C=O) groups is 1. The van der Waals surface area contributed by atoms with Gasteiger partial charge in [-0.15, -0.1) is 0 Å². The van der Waals surface area contributed by atoms with Crippen LogP contribution >= 0.6 is 0 Å². The van der Waals surface area contributed by atoms with Crippen molar-refractivity contribution in [3.63, 3.8) is 0 Å². The summed E-state index contributed by atoms with van der Waals surface area (Å²) in [7, 11) is 1.90. The Bertz CT molecular complexity index is 419. The molecule has 1 aliphatic carbocycles. The summed E-state index contributed by atoms with van der Waals surface area (Å²) in [5.74, 6) is 0.702. The Balaban J connectivity index is 1.81. The summed E-state index contributed by atoms with van der Waals surface area (Å²) in [4.78, 5) is 14.0. The molecule has 0 radical (unpaired) electrons. The first-order valence-electron chi connectivity index (χ1n) is 7.29. The second-order valence-electron chi connectivity index (χ2n) is 5.64. The molecule has 0 bridgehead atoms. The van der Waals surface area contributed by atoms with Gasteiger partial charge in [-0.2, -0.15) is 0 Å². The maximum atomic E-state index is 12.0. The molecule has 3 atom stereocenters. The Kier molecular flexibility index (Phi) is 5.20. The molecule has 1 fully saturated rings. The van der Waals surface area contributed by atoms with Gasteiger partial charge in [0.15, 0.2) is 0 Å². The Morgan fingerprint density at radius 3 is 2.95 bits per heavy atom. The standard InChI is InChI=1S/C15H24N2O3/c1-11(14-8-5-9-20-14)16-15(19)10-17(2)12-6-3-4-7-13(12)18/h5,8-9,11-13,18H,3-4,6-7,10H2,1-2H3,(H,16,19). The molecule has 20 heavy (non-hydrogen) atoms.